The fourth-order valence-corrected chi connectivity index (χ4v) is 3.04. The van der Waals surface area contributed by atoms with Gasteiger partial charge in [-0.3, -0.25) is 0 Å². The zero-order valence-electron chi connectivity index (χ0n) is 10.4. The minimum Gasteiger partial charge on any atom is -0.325 e. The molecule has 0 radical (unpaired) electrons. The van der Waals surface area contributed by atoms with Crippen LogP contribution in [0.15, 0.2) is 18.2 Å². The van der Waals surface area contributed by atoms with E-state index in [1.54, 1.807) is 6.07 Å². The molecule has 0 heterocycles. The van der Waals surface area contributed by atoms with E-state index >= 15 is 0 Å². The van der Waals surface area contributed by atoms with Crippen LogP contribution >= 0.6 is 11.6 Å². The van der Waals surface area contributed by atoms with Crippen LogP contribution in [0.5, 0.6) is 0 Å². The first-order valence-corrected chi connectivity index (χ1v) is 6.40. The molecule has 1 nitrogen and oxygen atoms in total. The number of rotatable bonds is 2. The average Bonchev–Trinajstić information content (AvgIpc) is 2.47. The van der Waals surface area contributed by atoms with E-state index in [1.165, 1.54) is 6.07 Å². The first-order valence-electron chi connectivity index (χ1n) is 6.03. The molecule has 0 saturated heterocycles. The average molecular weight is 256 g/mol. The molecular formula is C14H19ClFN. The molecule has 2 rings (SSSR count). The molecular weight excluding hydrogens is 237 g/mol. The lowest BCUT2D eigenvalue weighted by Gasteiger charge is -2.26. The molecule has 1 unspecified atom stereocenters. The lowest BCUT2D eigenvalue weighted by molar-refractivity contribution is 0.334. The molecule has 1 fully saturated rings. The molecule has 0 spiro atoms. The van der Waals surface area contributed by atoms with Crippen molar-refractivity contribution in [2.75, 3.05) is 0 Å². The van der Waals surface area contributed by atoms with E-state index in [4.69, 9.17) is 17.3 Å². The van der Waals surface area contributed by atoms with Crippen molar-refractivity contribution < 1.29 is 4.39 Å². The van der Waals surface area contributed by atoms with E-state index < -0.39 is 0 Å². The molecule has 17 heavy (non-hydrogen) atoms. The lowest BCUT2D eigenvalue weighted by atomic mass is 9.85. The van der Waals surface area contributed by atoms with Crippen LogP contribution in [-0.4, -0.2) is 5.54 Å². The highest BCUT2D eigenvalue weighted by Gasteiger charge is 2.40. The topological polar surface area (TPSA) is 26.0 Å². The van der Waals surface area contributed by atoms with E-state index in [9.17, 15) is 4.39 Å². The Morgan fingerprint density at radius 1 is 1.35 bits per heavy atom. The predicted molar refractivity (Wildman–Crippen MR) is 69.7 cm³/mol. The van der Waals surface area contributed by atoms with E-state index in [1.807, 2.05) is 6.07 Å². The van der Waals surface area contributed by atoms with Gasteiger partial charge < -0.3 is 5.73 Å². The third-order valence-electron chi connectivity index (χ3n) is 3.67. The van der Waals surface area contributed by atoms with Gasteiger partial charge in [0.25, 0.3) is 0 Å². The van der Waals surface area contributed by atoms with Crippen molar-refractivity contribution in [3.63, 3.8) is 0 Å². The summed E-state index contributed by atoms with van der Waals surface area (Å²) in [7, 11) is 0. The third kappa shape index (κ3) is 2.99. The van der Waals surface area contributed by atoms with Gasteiger partial charge >= 0.3 is 0 Å². The van der Waals surface area contributed by atoms with Crippen LogP contribution in [0.2, 0.25) is 5.02 Å². The molecule has 1 aliphatic carbocycles. The Bertz CT molecular complexity index is 430. The molecule has 0 bridgehead atoms. The van der Waals surface area contributed by atoms with Crippen LogP contribution in [0.25, 0.3) is 0 Å². The van der Waals surface area contributed by atoms with Crippen molar-refractivity contribution in [2.24, 2.45) is 11.1 Å². The molecule has 0 aromatic heterocycles. The van der Waals surface area contributed by atoms with E-state index in [-0.39, 0.29) is 16.4 Å². The van der Waals surface area contributed by atoms with Crippen molar-refractivity contribution >= 4 is 11.6 Å². The zero-order valence-corrected chi connectivity index (χ0v) is 11.1. The van der Waals surface area contributed by atoms with Crippen LogP contribution in [0.1, 0.15) is 38.7 Å². The van der Waals surface area contributed by atoms with Crippen molar-refractivity contribution in [1.29, 1.82) is 0 Å². The van der Waals surface area contributed by atoms with Gasteiger partial charge in [-0.25, -0.2) is 4.39 Å². The lowest BCUT2D eigenvalue weighted by Crippen LogP contribution is -2.40. The molecule has 2 N–H and O–H groups in total. The highest BCUT2D eigenvalue weighted by Crippen LogP contribution is 2.43. The zero-order chi connectivity index (χ0) is 12.7. The van der Waals surface area contributed by atoms with Gasteiger partial charge in [-0.1, -0.05) is 31.5 Å². The van der Waals surface area contributed by atoms with Gasteiger partial charge in [-0.2, -0.15) is 0 Å². The minimum absolute atomic E-state index is 0.173. The summed E-state index contributed by atoms with van der Waals surface area (Å²) in [5.74, 6) is -0.356. The van der Waals surface area contributed by atoms with Gasteiger partial charge in [-0.05, 0) is 48.8 Å². The monoisotopic (exact) mass is 255 g/mol. The molecule has 0 amide bonds. The number of benzene rings is 1. The molecule has 1 atom stereocenters. The highest BCUT2D eigenvalue weighted by atomic mass is 35.5. The summed E-state index contributed by atoms with van der Waals surface area (Å²) in [4.78, 5) is 0. The molecule has 0 aliphatic heterocycles. The second kappa shape index (κ2) is 4.25. The Labute approximate surface area is 107 Å². The second-order valence-electron chi connectivity index (χ2n) is 6.13. The summed E-state index contributed by atoms with van der Waals surface area (Å²) in [5.41, 5.74) is 7.45. The smallest absolute Gasteiger partial charge is 0.142 e. The number of halogens is 2. The quantitative estimate of drug-likeness (QED) is 0.851. The summed E-state index contributed by atoms with van der Waals surface area (Å²) in [5, 5.41) is 0.173. The summed E-state index contributed by atoms with van der Waals surface area (Å²) >= 11 is 5.67. The summed E-state index contributed by atoms with van der Waals surface area (Å²) in [6.07, 6.45) is 3.86. The molecule has 1 saturated carbocycles. The predicted octanol–water partition coefficient (Wildman–Crippen LogP) is 3.93. The van der Waals surface area contributed by atoms with Gasteiger partial charge in [0.15, 0.2) is 0 Å². The van der Waals surface area contributed by atoms with Gasteiger partial charge in [0, 0.05) is 5.54 Å². The number of hydrogen-bond donors (Lipinski definition) is 1. The maximum Gasteiger partial charge on any atom is 0.142 e. The molecule has 1 aromatic rings. The van der Waals surface area contributed by atoms with Crippen molar-refractivity contribution in [1.82, 2.24) is 0 Å². The Morgan fingerprint density at radius 3 is 2.59 bits per heavy atom. The summed E-state index contributed by atoms with van der Waals surface area (Å²) < 4.78 is 13.4. The van der Waals surface area contributed by atoms with Gasteiger partial charge in [0.1, 0.15) is 5.82 Å². The van der Waals surface area contributed by atoms with Crippen LogP contribution in [0.4, 0.5) is 4.39 Å². The van der Waals surface area contributed by atoms with Gasteiger partial charge in [0.2, 0.25) is 0 Å². The van der Waals surface area contributed by atoms with Crippen LogP contribution < -0.4 is 5.73 Å². The summed E-state index contributed by atoms with van der Waals surface area (Å²) in [6, 6.07) is 4.98. The van der Waals surface area contributed by atoms with Crippen LogP contribution in [0.3, 0.4) is 0 Å². The fourth-order valence-electron chi connectivity index (χ4n) is 2.92. The van der Waals surface area contributed by atoms with E-state index in [0.717, 1.165) is 31.2 Å². The normalized spacial score (nSPS) is 27.4. The minimum atomic E-state index is -0.356. The first kappa shape index (κ1) is 12.8. The van der Waals surface area contributed by atoms with Gasteiger partial charge in [0.05, 0.1) is 5.02 Å². The van der Waals surface area contributed by atoms with E-state index in [2.05, 4.69) is 13.8 Å². The third-order valence-corrected chi connectivity index (χ3v) is 3.98. The maximum absolute atomic E-state index is 13.4. The van der Waals surface area contributed by atoms with Crippen LogP contribution in [0, 0.1) is 11.2 Å². The Kier molecular flexibility index (Phi) is 3.21. The molecule has 3 heteroatoms. The largest absolute Gasteiger partial charge is 0.325 e. The van der Waals surface area contributed by atoms with Crippen molar-refractivity contribution in [2.45, 2.75) is 45.1 Å². The summed E-state index contributed by atoms with van der Waals surface area (Å²) in [6.45, 7) is 4.48. The second-order valence-corrected chi connectivity index (χ2v) is 6.54. The SMILES string of the molecule is CC1(C)CCC(N)(Cc2ccc(Cl)c(F)c2)C1. The van der Waals surface area contributed by atoms with Crippen LogP contribution in [-0.2, 0) is 6.42 Å². The standard InChI is InChI=1S/C14H19ClFN/c1-13(2)5-6-14(17,9-13)8-10-3-4-11(15)12(16)7-10/h3-4,7H,5-6,8-9,17H2,1-2H3. The molecule has 94 valence electrons. The fraction of sp³-hybridized carbons (Fsp3) is 0.571. The Morgan fingerprint density at radius 2 is 2.06 bits per heavy atom. The Hall–Kier alpha value is -0.600. The van der Waals surface area contributed by atoms with Crippen molar-refractivity contribution in [3.8, 4) is 0 Å². The van der Waals surface area contributed by atoms with Gasteiger partial charge in [-0.15, -0.1) is 0 Å². The highest BCUT2D eigenvalue weighted by molar-refractivity contribution is 6.30. The number of nitrogens with two attached hydrogens (primary N) is 1. The Balaban J connectivity index is 2.13. The molecule has 1 aromatic carbocycles. The molecule has 1 aliphatic rings. The van der Waals surface area contributed by atoms with Crippen molar-refractivity contribution in [3.05, 3.63) is 34.6 Å². The number of hydrogen-bond acceptors (Lipinski definition) is 1. The maximum atomic E-state index is 13.4. The first-order chi connectivity index (χ1) is 7.80. The van der Waals surface area contributed by atoms with E-state index in [0.29, 0.717) is 5.41 Å².